The van der Waals surface area contributed by atoms with Gasteiger partial charge in [0, 0.05) is 16.7 Å². The van der Waals surface area contributed by atoms with Crippen LogP contribution in [-0.4, -0.2) is 32.6 Å². The molecule has 0 amide bonds. The molecule has 0 heterocycles. The fraction of sp³-hybridized carbons (Fsp3) is 0.333. The van der Waals surface area contributed by atoms with Crippen molar-refractivity contribution in [3.8, 4) is 0 Å². The summed E-state index contributed by atoms with van der Waals surface area (Å²) in [6.45, 7) is -0.777. The van der Waals surface area contributed by atoms with Crippen LogP contribution in [0.25, 0.3) is 0 Å². The Kier molecular flexibility index (Phi) is 5.02. The quantitative estimate of drug-likeness (QED) is 0.693. The van der Waals surface area contributed by atoms with Gasteiger partial charge in [-0.1, -0.05) is 0 Å². The minimum absolute atomic E-state index is 0.177. The van der Waals surface area contributed by atoms with E-state index in [9.17, 15) is 17.2 Å². The van der Waals surface area contributed by atoms with Crippen molar-refractivity contribution in [1.29, 1.82) is 0 Å². The normalized spacial score (nSPS) is 13.8. The maximum absolute atomic E-state index is 12.0. The van der Waals surface area contributed by atoms with Crippen LogP contribution in [0, 0.1) is 0 Å². The lowest BCUT2D eigenvalue weighted by atomic mass is 10.3. The third kappa shape index (κ3) is 3.87. The molecule has 0 bridgehead atoms. The molecular formula is C9H11BrF2N2O3S. The van der Waals surface area contributed by atoms with Crippen molar-refractivity contribution in [3.05, 3.63) is 22.7 Å². The molecule has 4 N–H and O–H groups in total. The Labute approximate surface area is 111 Å². The number of sulfonamides is 1. The number of hydrogen-bond donors (Lipinski definition) is 3. The molecule has 1 atom stereocenters. The van der Waals surface area contributed by atoms with Crippen molar-refractivity contribution in [3.63, 3.8) is 0 Å². The molecule has 102 valence electrons. The highest BCUT2D eigenvalue weighted by Crippen LogP contribution is 2.24. The summed E-state index contributed by atoms with van der Waals surface area (Å²) in [5.74, 6) is 0. The second-order valence-corrected chi connectivity index (χ2v) is 6.03. The van der Waals surface area contributed by atoms with Gasteiger partial charge in [0.05, 0.1) is 4.90 Å². The van der Waals surface area contributed by atoms with E-state index in [1.807, 2.05) is 4.72 Å². The lowest BCUT2D eigenvalue weighted by molar-refractivity contribution is -0.000452. The number of aliphatic hydroxyl groups is 1. The average molecular weight is 345 g/mol. The highest BCUT2D eigenvalue weighted by Gasteiger charge is 2.22. The number of hydrogen-bond acceptors (Lipinski definition) is 4. The smallest absolute Gasteiger partial charge is 0.265 e. The molecule has 0 aromatic heterocycles. The summed E-state index contributed by atoms with van der Waals surface area (Å²) in [5.41, 5.74) is 5.66. The Bertz CT molecular complexity index is 525. The molecule has 1 rings (SSSR count). The molecular weight excluding hydrogens is 334 g/mol. The number of nitrogen functional groups attached to an aromatic ring is 1. The Morgan fingerprint density at radius 2 is 2.06 bits per heavy atom. The predicted molar refractivity (Wildman–Crippen MR) is 65.8 cm³/mol. The van der Waals surface area contributed by atoms with Crippen LogP contribution in [0.4, 0.5) is 14.5 Å². The Morgan fingerprint density at radius 3 is 2.61 bits per heavy atom. The van der Waals surface area contributed by atoms with Crippen LogP contribution >= 0.6 is 15.9 Å². The van der Waals surface area contributed by atoms with Crippen molar-refractivity contribution in [2.75, 3.05) is 12.3 Å². The van der Waals surface area contributed by atoms with Gasteiger partial charge < -0.3 is 10.8 Å². The fourth-order valence-electron chi connectivity index (χ4n) is 1.09. The standard InChI is InChI=1S/C9H11BrF2N2O3S/c10-6-2-1-5(13)3-8(6)18(16,17)14-4-7(15)9(11)12/h1-3,7,9,14-15H,4,13H2. The molecule has 1 unspecified atom stereocenters. The number of halogens is 3. The number of anilines is 1. The van der Waals surface area contributed by atoms with Gasteiger partial charge in [0.1, 0.15) is 6.10 Å². The second kappa shape index (κ2) is 5.91. The van der Waals surface area contributed by atoms with Crippen molar-refractivity contribution in [2.24, 2.45) is 0 Å². The molecule has 0 spiro atoms. The number of rotatable bonds is 5. The van der Waals surface area contributed by atoms with Gasteiger partial charge in [-0.3, -0.25) is 0 Å². The van der Waals surface area contributed by atoms with Crippen molar-refractivity contribution in [2.45, 2.75) is 17.4 Å². The molecule has 0 saturated carbocycles. The van der Waals surface area contributed by atoms with E-state index in [1.165, 1.54) is 18.2 Å². The van der Waals surface area contributed by atoms with Gasteiger partial charge in [-0.15, -0.1) is 0 Å². The molecule has 0 aliphatic heterocycles. The summed E-state index contributed by atoms with van der Waals surface area (Å²) in [4.78, 5) is -0.177. The minimum Gasteiger partial charge on any atom is -0.399 e. The van der Waals surface area contributed by atoms with Gasteiger partial charge in [-0.25, -0.2) is 21.9 Å². The number of nitrogens with two attached hydrogens (primary N) is 1. The summed E-state index contributed by atoms with van der Waals surface area (Å²) in [6.07, 6.45) is -5.07. The van der Waals surface area contributed by atoms with E-state index in [0.29, 0.717) is 0 Å². The first-order valence-corrected chi connectivity index (χ1v) is 7.02. The Balaban J connectivity index is 2.90. The van der Waals surface area contributed by atoms with Crippen LogP contribution in [0.2, 0.25) is 0 Å². The van der Waals surface area contributed by atoms with Gasteiger partial charge >= 0.3 is 0 Å². The third-order valence-corrected chi connectivity index (χ3v) is 4.44. The van der Waals surface area contributed by atoms with Crippen LogP contribution in [0.5, 0.6) is 0 Å². The van der Waals surface area contributed by atoms with Gasteiger partial charge in [-0.2, -0.15) is 0 Å². The maximum Gasteiger partial charge on any atom is 0.265 e. The van der Waals surface area contributed by atoms with E-state index in [2.05, 4.69) is 15.9 Å². The van der Waals surface area contributed by atoms with Gasteiger partial charge in [0.15, 0.2) is 0 Å². The molecule has 0 fully saturated rings. The molecule has 0 aliphatic rings. The van der Waals surface area contributed by atoms with E-state index < -0.39 is 29.1 Å². The van der Waals surface area contributed by atoms with Gasteiger partial charge in [0.25, 0.3) is 6.43 Å². The summed E-state index contributed by atoms with van der Waals surface area (Å²) in [7, 11) is -4.01. The number of benzene rings is 1. The van der Waals surface area contributed by atoms with Crippen LogP contribution < -0.4 is 10.5 Å². The fourth-order valence-corrected chi connectivity index (χ4v) is 3.14. The van der Waals surface area contributed by atoms with Crippen LogP contribution in [0.3, 0.4) is 0 Å². The third-order valence-electron chi connectivity index (χ3n) is 2.02. The number of nitrogens with one attached hydrogen (secondary N) is 1. The zero-order valence-electron chi connectivity index (χ0n) is 8.98. The topological polar surface area (TPSA) is 92.4 Å². The van der Waals surface area contributed by atoms with E-state index in [0.717, 1.165) is 0 Å². The lowest BCUT2D eigenvalue weighted by Crippen LogP contribution is -2.36. The average Bonchev–Trinajstić information content (AvgIpc) is 2.29. The van der Waals surface area contributed by atoms with Gasteiger partial charge in [-0.05, 0) is 34.1 Å². The summed E-state index contributed by atoms with van der Waals surface area (Å²) in [5, 5.41) is 8.85. The first-order valence-electron chi connectivity index (χ1n) is 4.75. The van der Waals surface area contributed by atoms with Crippen LogP contribution in [-0.2, 0) is 10.0 Å². The zero-order valence-corrected chi connectivity index (χ0v) is 11.4. The molecule has 0 aliphatic carbocycles. The number of aliphatic hydroxyl groups excluding tert-OH is 1. The summed E-state index contributed by atoms with van der Waals surface area (Å²) >= 11 is 3.02. The molecule has 9 heteroatoms. The first kappa shape index (κ1) is 15.3. The molecule has 1 aromatic carbocycles. The summed E-state index contributed by atoms with van der Waals surface area (Å²) in [6, 6.07) is 4.09. The zero-order chi connectivity index (χ0) is 13.9. The maximum atomic E-state index is 12.0. The first-order chi connectivity index (χ1) is 8.24. The van der Waals surface area contributed by atoms with Crippen molar-refractivity contribution < 1.29 is 22.3 Å². The van der Waals surface area contributed by atoms with Crippen LogP contribution in [0.15, 0.2) is 27.6 Å². The monoisotopic (exact) mass is 344 g/mol. The Morgan fingerprint density at radius 1 is 1.44 bits per heavy atom. The molecule has 18 heavy (non-hydrogen) atoms. The lowest BCUT2D eigenvalue weighted by Gasteiger charge is -2.12. The van der Waals surface area contributed by atoms with E-state index >= 15 is 0 Å². The van der Waals surface area contributed by atoms with E-state index in [4.69, 9.17) is 10.8 Å². The Hall–Kier alpha value is -0.770. The molecule has 5 nitrogen and oxygen atoms in total. The minimum atomic E-state index is -4.01. The van der Waals surface area contributed by atoms with E-state index in [1.54, 1.807) is 0 Å². The second-order valence-electron chi connectivity index (χ2n) is 3.44. The summed E-state index contributed by atoms with van der Waals surface area (Å²) < 4.78 is 49.8. The molecule has 0 radical (unpaired) electrons. The highest BCUT2D eigenvalue weighted by atomic mass is 79.9. The van der Waals surface area contributed by atoms with Gasteiger partial charge in [0.2, 0.25) is 10.0 Å². The number of alkyl halides is 2. The van der Waals surface area contributed by atoms with Crippen molar-refractivity contribution >= 4 is 31.6 Å². The molecule has 1 aromatic rings. The van der Waals surface area contributed by atoms with Crippen molar-refractivity contribution in [1.82, 2.24) is 4.72 Å². The van der Waals surface area contributed by atoms with E-state index in [-0.39, 0.29) is 15.1 Å². The molecule has 0 saturated heterocycles. The predicted octanol–water partition coefficient (Wildman–Crippen LogP) is 0.936. The highest BCUT2D eigenvalue weighted by molar-refractivity contribution is 9.10. The SMILES string of the molecule is Nc1ccc(Br)c(S(=O)(=O)NCC(O)C(F)F)c1. The largest absolute Gasteiger partial charge is 0.399 e. The van der Waals surface area contributed by atoms with Crippen LogP contribution in [0.1, 0.15) is 0 Å².